The van der Waals surface area contributed by atoms with Gasteiger partial charge in [0.05, 0.1) is 26.2 Å². The number of carboxylic acids is 1. The lowest BCUT2D eigenvalue weighted by molar-refractivity contribution is -0.143. The van der Waals surface area contributed by atoms with Gasteiger partial charge in [-0.2, -0.15) is 0 Å². The maximum absolute atomic E-state index is 13.8. The number of aryl methyl sites for hydroxylation is 3. The van der Waals surface area contributed by atoms with E-state index in [0.717, 1.165) is 52.1 Å². The number of methoxy groups -OCH3 is 1. The first-order valence-electron chi connectivity index (χ1n) is 15.9. The average Bonchev–Trinajstić information content (AvgIpc) is 3.61. The van der Waals surface area contributed by atoms with Crippen LogP contribution in [0.2, 0.25) is 0 Å². The van der Waals surface area contributed by atoms with Gasteiger partial charge in [-0.25, -0.2) is 0 Å². The second-order valence-corrected chi connectivity index (χ2v) is 12.3. The van der Waals surface area contributed by atoms with Crippen LogP contribution < -0.4 is 24.3 Å². The molecule has 238 valence electrons. The van der Waals surface area contributed by atoms with Crippen LogP contribution in [0.1, 0.15) is 66.5 Å². The number of likely N-dealkylation sites (tertiary alicyclic amines) is 1. The van der Waals surface area contributed by atoms with Gasteiger partial charge in [0.15, 0.2) is 11.5 Å². The lowest BCUT2D eigenvalue weighted by Gasteiger charge is -2.27. The third-order valence-electron chi connectivity index (χ3n) is 9.22. The molecule has 9 nitrogen and oxygen atoms in total. The minimum Gasteiger partial charge on any atom is -0.493 e. The minimum atomic E-state index is -0.932. The van der Waals surface area contributed by atoms with Gasteiger partial charge >= 0.3 is 5.97 Å². The Hall–Kier alpha value is -4.24. The first-order chi connectivity index (χ1) is 21.8. The Morgan fingerprint density at radius 1 is 1.00 bits per heavy atom. The van der Waals surface area contributed by atoms with E-state index in [2.05, 4.69) is 38.2 Å². The summed E-state index contributed by atoms with van der Waals surface area (Å²) in [7, 11) is 1.55. The van der Waals surface area contributed by atoms with Crippen molar-refractivity contribution in [3.05, 3.63) is 76.3 Å². The topological polar surface area (TPSA) is 107 Å². The maximum atomic E-state index is 13.8. The maximum Gasteiger partial charge on any atom is 0.309 e. The molecule has 6 rings (SSSR count). The number of rotatable bonds is 12. The molecule has 0 radical (unpaired) electrons. The van der Waals surface area contributed by atoms with Crippen LogP contribution in [-0.4, -0.2) is 55.5 Å². The Balaban J connectivity index is 1.33. The van der Waals surface area contributed by atoms with Crippen molar-refractivity contribution in [1.29, 1.82) is 0 Å². The molecule has 2 fully saturated rings. The molecule has 3 aromatic rings. The van der Waals surface area contributed by atoms with Crippen molar-refractivity contribution in [2.75, 3.05) is 38.9 Å². The molecule has 1 saturated heterocycles. The Kier molecular flexibility index (Phi) is 8.90. The highest BCUT2D eigenvalue weighted by atomic mass is 16.7. The molecule has 0 spiro atoms. The zero-order valence-corrected chi connectivity index (χ0v) is 26.4. The number of aliphatic carboxylic acids is 1. The average molecular weight is 615 g/mol. The number of benzene rings is 3. The van der Waals surface area contributed by atoms with Crippen LogP contribution >= 0.6 is 0 Å². The van der Waals surface area contributed by atoms with E-state index in [9.17, 15) is 14.7 Å². The summed E-state index contributed by atoms with van der Waals surface area (Å²) in [5.74, 6) is 0.533. The number of nitrogens with zero attached hydrogens (tertiary/aromatic N) is 1. The van der Waals surface area contributed by atoms with Crippen molar-refractivity contribution in [2.45, 2.75) is 58.4 Å². The van der Waals surface area contributed by atoms with Gasteiger partial charge in [0.25, 0.3) is 0 Å². The number of carbonyl (C=O) groups excluding carboxylic acids is 1. The van der Waals surface area contributed by atoms with Crippen LogP contribution in [-0.2, 0) is 22.4 Å². The summed E-state index contributed by atoms with van der Waals surface area (Å²) in [5.41, 5.74) is 5.79. The second-order valence-electron chi connectivity index (χ2n) is 12.3. The Morgan fingerprint density at radius 3 is 2.33 bits per heavy atom. The number of carboxylic acid groups (broad SMARTS) is 1. The number of ether oxygens (including phenoxy) is 4. The van der Waals surface area contributed by atoms with E-state index in [0.29, 0.717) is 36.3 Å². The van der Waals surface area contributed by atoms with E-state index in [1.54, 1.807) is 7.11 Å². The van der Waals surface area contributed by atoms with Crippen molar-refractivity contribution in [2.24, 2.45) is 11.8 Å². The summed E-state index contributed by atoms with van der Waals surface area (Å²) < 4.78 is 22.8. The fourth-order valence-corrected chi connectivity index (χ4v) is 6.78. The van der Waals surface area contributed by atoms with Gasteiger partial charge in [-0.3, -0.25) is 14.5 Å². The Labute approximate surface area is 264 Å². The molecule has 3 aromatic carbocycles. The van der Waals surface area contributed by atoms with E-state index in [-0.39, 0.29) is 19.2 Å². The van der Waals surface area contributed by atoms with Gasteiger partial charge in [-0.05, 0) is 85.0 Å². The summed E-state index contributed by atoms with van der Waals surface area (Å²) >= 11 is 0. The second kappa shape index (κ2) is 13.0. The van der Waals surface area contributed by atoms with Gasteiger partial charge < -0.3 is 29.4 Å². The molecule has 1 amide bonds. The van der Waals surface area contributed by atoms with Gasteiger partial charge in [0.2, 0.25) is 18.4 Å². The minimum absolute atomic E-state index is 0.0345. The fraction of sp³-hybridized carbons (Fsp3) is 0.444. The number of fused-ring (bicyclic) bond motifs is 1. The van der Waals surface area contributed by atoms with Crippen LogP contribution in [0.4, 0.5) is 5.69 Å². The van der Waals surface area contributed by atoms with Gasteiger partial charge in [0, 0.05) is 24.2 Å². The Bertz CT molecular complexity index is 1540. The van der Waals surface area contributed by atoms with Crippen molar-refractivity contribution in [3.8, 4) is 23.0 Å². The molecule has 0 aromatic heterocycles. The molecule has 2 heterocycles. The highest BCUT2D eigenvalue weighted by Gasteiger charge is 2.48. The molecule has 1 aliphatic carbocycles. The first kappa shape index (κ1) is 30.8. The fourth-order valence-electron chi connectivity index (χ4n) is 6.78. The van der Waals surface area contributed by atoms with Gasteiger partial charge in [-0.15, -0.1) is 0 Å². The SMILES string of the molecule is CCc1cc(C)cc(CC)c1NC(=O)CN1C[C@H](c2cc(OC)c3c(c2)OCO3)C(C(=O)O)[C@@H]1c1ccc(OCC2CC2)cc1. The molecular weight excluding hydrogens is 572 g/mol. The number of nitrogens with one attached hydrogen (secondary N) is 1. The van der Waals surface area contributed by atoms with E-state index in [4.69, 9.17) is 18.9 Å². The molecule has 1 saturated carbocycles. The van der Waals surface area contributed by atoms with E-state index in [1.165, 1.54) is 12.8 Å². The van der Waals surface area contributed by atoms with E-state index in [1.807, 2.05) is 41.3 Å². The first-order valence-corrected chi connectivity index (χ1v) is 15.9. The predicted octanol–water partition coefficient (Wildman–Crippen LogP) is 6.13. The molecule has 3 aliphatic rings. The third-order valence-corrected chi connectivity index (χ3v) is 9.22. The molecule has 45 heavy (non-hydrogen) atoms. The highest BCUT2D eigenvalue weighted by Crippen LogP contribution is 2.50. The van der Waals surface area contributed by atoms with Crippen LogP contribution in [0.3, 0.4) is 0 Å². The molecule has 9 heteroatoms. The predicted molar refractivity (Wildman–Crippen MR) is 171 cm³/mol. The molecule has 0 bridgehead atoms. The van der Waals surface area contributed by atoms with Crippen molar-refractivity contribution >= 4 is 17.6 Å². The van der Waals surface area contributed by atoms with Crippen molar-refractivity contribution < 1.29 is 33.6 Å². The quantitative estimate of drug-likeness (QED) is 0.251. The highest BCUT2D eigenvalue weighted by molar-refractivity contribution is 5.94. The van der Waals surface area contributed by atoms with E-state index < -0.39 is 23.8 Å². The normalized spacial score (nSPS) is 20.7. The molecule has 3 atom stereocenters. The van der Waals surface area contributed by atoms with Gasteiger partial charge in [-0.1, -0.05) is 43.7 Å². The van der Waals surface area contributed by atoms with Gasteiger partial charge in [0.1, 0.15) is 5.75 Å². The molecule has 2 aliphatic heterocycles. The summed E-state index contributed by atoms with van der Waals surface area (Å²) in [5, 5.41) is 13.9. The molecular formula is C36H42N2O7. The Morgan fingerprint density at radius 2 is 1.71 bits per heavy atom. The summed E-state index contributed by atoms with van der Waals surface area (Å²) in [6, 6.07) is 15.0. The smallest absolute Gasteiger partial charge is 0.309 e. The van der Waals surface area contributed by atoms with Crippen molar-refractivity contribution in [3.63, 3.8) is 0 Å². The lowest BCUT2D eigenvalue weighted by Crippen LogP contribution is -2.35. The van der Waals surface area contributed by atoms with Crippen LogP contribution in [0.5, 0.6) is 23.0 Å². The zero-order chi connectivity index (χ0) is 31.7. The summed E-state index contributed by atoms with van der Waals surface area (Å²) in [4.78, 5) is 28.9. The number of carbonyl (C=O) groups is 2. The number of hydrogen-bond acceptors (Lipinski definition) is 7. The number of anilines is 1. The summed E-state index contributed by atoms with van der Waals surface area (Å²) in [6.45, 7) is 7.39. The number of amides is 1. The van der Waals surface area contributed by atoms with Crippen LogP contribution in [0.15, 0.2) is 48.5 Å². The van der Waals surface area contributed by atoms with Crippen LogP contribution in [0.25, 0.3) is 0 Å². The largest absolute Gasteiger partial charge is 0.493 e. The lowest BCUT2D eigenvalue weighted by atomic mass is 9.82. The number of hydrogen-bond donors (Lipinski definition) is 2. The zero-order valence-electron chi connectivity index (χ0n) is 26.4. The molecule has 2 N–H and O–H groups in total. The molecule has 1 unspecified atom stereocenters. The standard InChI is InChI=1S/C36H42N2O7/c1-5-23-13-21(3)14-24(6-2)33(23)37-31(39)18-38-17-28(26-15-29(42-4)35-30(16-26)44-20-45-35)32(36(40)41)34(38)25-9-11-27(12-10-25)43-19-22-7-8-22/h9-16,22,28,32,34H,5-8,17-20H2,1-4H3,(H,37,39)(H,40,41)/t28-,32?,34+/m1/s1. The third kappa shape index (κ3) is 6.45. The van der Waals surface area contributed by atoms with Crippen LogP contribution in [0, 0.1) is 18.8 Å². The van der Waals surface area contributed by atoms with E-state index >= 15 is 0 Å². The monoisotopic (exact) mass is 614 g/mol. The summed E-state index contributed by atoms with van der Waals surface area (Å²) in [6.07, 6.45) is 3.99. The van der Waals surface area contributed by atoms with Crippen molar-refractivity contribution in [1.82, 2.24) is 4.90 Å².